The maximum Gasteiger partial charge on any atom is 0.273 e. The van der Waals surface area contributed by atoms with Gasteiger partial charge in [-0.05, 0) is 36.4 Å². The molecule has 0 unspecified atom stereocenters. The number of nitrogens with zero attached hydrogens (tertiary/aromatic N) is 3. The van der Waals surface area contributed by atoms with Crippen molar-refractivity contribution in [2.45, 2.75) is 0 Å². The number of imidazole rings is 1. The average molecular weight is 388 g/mol. The van der Waals surface area contributed by atoms with Gasteiger partial charge >= 0.3 is 0 Å². The number of anilines is 1. The quantitative estimate of drug-likeness (QED) is 0.473. The lowest BCUT2D eigenvalue weighted by Gasteiger charge is -2.05. The fourth-order valence-electron chi connectivity index (χ4n) is 3.04. The van der Waals surface area contributed by atoms with Crippen LogP contribution in [0.3, 0.4) is 0 Å². The summed E-state index contributed by atoms with van der Waals surface area (Å²) >= 11 is 1.38. The topological polar surface area (TPSA) is 59.3 Å². The first kappa shape index (κ1) is 16.6. The van der Waals surface area contributed by atoms with Crippen LogP contribution < -0.4 is 5.32 Å². The predicted octanol–water partition coefficient (Wildman–Crippen LogP) is 5.00. The van der Waals surface area contributed by atoms with Crippen molar-refractivity contribution in [2.24, 2.45) is 0 Å². The number of hydrogen-bond donors (Lipinski definition) is 1. The zero-order valence-corrected chi connectivity index (χ0v) is 15.3. The fraction of sp³-hybridized carbons (Fsp3) is 0. The number of halogens is 1. The highest BCUT2D eigenvalue weighted by Gasteiger charge is 2.16. The molecule has 1 amide bonds. The van der Waals surface area contributed by atoms with E-state index >= 15 is 0 Å². The van der Waals surface area contributed by atoms with Gasteiger partial charge in [-0.2, -0.15) is 0 Å². The van der Waals surface area contributed by atoms with Crippen molar-refractivity contribution in [2.75, 3.05) is 5.32 Å². The molecule has 0 atom stereocenters. The van der Waals surface area contributed by atoms with Crippen molar-refractivity contribution < 1.29 is 9.18 Å². The van der Waals surface area contributed by atoms with E-state index in [1.165, 1.54) is 23.5 Å². The summed E-state index contributed by atoms with van der Waals surface area (Å²) in [6.45, 7) is 0. The molecule has 0 saturated heterocycles. The maximum absolute atomic E-state index is 13.1. The lowest BCUT2D eigenvalue weighted by molar-refractivity contribution is 0.102. The van der Waals surface area contributed by atoms with Crippen LogP contribution in [0.4, 0.5) is 10.1 Å². The van der Waals surface area contributed by atoms with E-state index < -0.39 is 0 Å². The highest BCUT2D eigenvalue weighted by Crippen LogP contribution is 2.25. The fourth-order valence-corrected chi connectivity index (χ4v) is 3.89. The van der Waals surface area contributed by atoms with Crippen LogP contribution in [0.2, 0.25) is 0 Å². The van der Waals surface area contributed by atoms with Crippen molar-refractivity contribution in [3.63, 3.8) is 0 Å². The third-order valence-corrected chi connectivity index (χ3v) is 5.27. The molecular weight excluding hydrogens is 375 g/mol. The molecule has 0 spiro atoms. The van der Waals surface area contributed by atoms with E-state index in [-0.39, 0.29) is 11.7 Å². The molecule has 5 rings (SSSR count). The van der Waals surface area contributed by atoms with Crippen LogP contribution in [0.1, 0.15) is 10.5 Å². The number of pyridine rings is 1. The molecule has 0 aliphatic heterocycles. The van der Waals surface area contributed by atoms with E-state index in [4.69, 9.17) is 0 Å². The Bertz CT molecular complexity index is 1320. The minimum atomic E-state index is -0.297. The number of fused-ring (bicyclic) bond motifs is 2. The number of rotatable bonds is 3. The number of para-hydroxylation sites is 1. The van der Waals surface area contributed by atoms with Crippen LogP contribution in [-0.4, -0.2) is 20.3 Å². The molecule has 2 aromatic carbocycles. The van der Waals surface area contributed by atoms with Gasteiger partial charge in [-0.1, -0.05) is 18.2 Å². The number of aromatic nitrogens is 3. The number of hydrogen-bond acceptors (Lipinski definition) is 4. The molecule has 0 fully saturated rings. The van der Waals surface area contributed by atoms with Crippen LogP contribution in [0.5, 0.6) is 0 Å². The van der Waals surface area contributed by atoms with E-state index in [0.29, 0.717) is 22.0 Å². The van der Waals surface area contributed by atoms with E-state index in [9.17, 15) is 9.18 Å². The Hall–Kier alpha value is -3.58. The summed E-state index contributed by atoms with van der Waals surface area (Å²) in [5.41, 5.74) is 3.46. The van der Waals surface area contributed by atoms with Crippen molar-refractivity contribution >= 4 is 38.8 Å². The predicted molar refractivity (Wildman–Crippen MR) is 108 cm³/mol. The van der Waals surface area contributed by atoms with E-state index in [1.807, 2.05) is 30.3 Å². The Balaban J connectivity index is 1.46. The first-order valence-electron chi connectivity index (χ1n) is 8.56. The van der Waals surface area contributed by atoms with Crippen molar-refractivity contribution in [1.82, 2.24) is 14.4 Å². The van der Waals surface area contributed by atoms with Gasteiger partial charge in [0.25, 0.3) is 5.91 Å². The normalized spacial score (nSPS) is 11.2. The molecule has 5 aromatic rings. The molecule has 7 heteroatoms. The molecule has 28 heavy (non-hydrogen) atoms. The number of amides is 1. The molecule has 3 heterocycles. The van der Waals surface area contributed by atoms with Gasteiger partial charge in [0, 0.05) is 22.5 Å². The Labute approximate surface area is 163 Å². The average Bonchev–Trinajstić information content (AvgIpc) is 3.29. The van der Waals surface area contributed by atoms with E-state index in [2.05, 4.69) is 15.3 Å². The zero-order valence-electron chi connectivity index (χ0n) is 14.5. The largest absolute Gasteiger partial charge is 0.319 e. The summed E-state index contributed by atoms with van der Waals surface area (Å²) in [7, 11) is 0. The molecule has 1 N–H and O–H groups in total. The van der Waals surface area contributed by atoms with Gasteiger partial charge in [-0.25, -0.2) is 9.37 Å². The molecule has 0 saturated carbocycles. The van der Waals surface area contributed by atoms with Crippen LogP contribution in [0.15, 0.2) is 72.4 Å². The van der Waals surface area contributed by atoms with Crippen molar-refractivity contribution in [3.05, 3.63) is 83.9 Å². The minimum absolute atomic E-state index is 0.244. The lowest BCUT2D eigenvalue weighted by atomic mass is 10.2. The van der Waals surface area contributed by atoms with Crippen molar-refractivity contribution in [3.8, 4) is 11.3 Å². The first-order chi connectivity index (χ1) is 13.7. The summed E-state index contributed by atoms with van der Waals surface area (Å²) in [4.78, 5) is 22.4. The molecule has 136 valence electrons. The second kappa shape index (κ2) is 6.54. The standard InChI is InChI=1S/C21H13FN4OS/c22-15-7-5-13(6-8-15)18-11-26-19(12-28-21(26)25-18)20(27)24-16-9-14-3-1-2-4-17(14)23-10-16/h1-12H,(H,24,27). The highest BCUT2D eigenvalue weighted by molar-refractivity contribution is 7.15. The number of benzene rings is 2. The molecule has 3 aromatic heterocycles. The summed E-state index contributed by atoms with van der Waals surface area (Å²) in [6.07, 6.45) is 3.42. The zero-order chi connectivity index (χ0) is 19.1. The SMILES string of the molecule is O=C(Nc1cnc2ccccc2c1)c1csc2nc(-c3ccc(F)cc3)cn12. The Morgan fingerprint density at radius 3 is 2.79 bits per heavy atom. The second-order valence-electron chi connectivity index (χ2n) is 6.28. The molecule has 5 nitrogen and oxygen atoms in total. The molecule has 0 radical (unpaired) electrons. The number of carbonyl (C=O) groups is 1. The smallest absolute Gasteiger partial charge is 0.273 e. The van der Waals surface area contributed by atoms with Crippen LogP contribution in [0.25, 0.3) is 27.1 Å². The third-order valence-electron chi connectivity index (χ3n) is 4.43. The Morgan fingerprint density at radius 2 is 1.93 bits per heavy atom. The lowest BCUT2D eigenvalue weighted by Crippen LogP contribution is -2.14. The number of carbonyl (C=O) groups excluding carboxylic acids is 1. The molecular formula is C21H13FN4OS. The first-order valence-corrected chi connectivity index (χ1v) is 9.44. The van der Waals surface area contributed by atoms with Gasteiger partial charge in [0.2, 0.25) is 0 Å². The molecule has 0 aliphatic carbocycles. The van der Waals surface area contributed by atoms with Gasteiger partial charge in [-0.15, -0.1) is 11.3 Å². The summed E-state index contributed by atoms with van der Waals surface area (Å²) in [5.74, 6) is -0.541. The summed E-state index contributed by atoms with van der Waals surface area (Å²) in [5, 5.41) is 5.61. The summed E-state index contributed by atoms with van der Waals surface area (Å²) in [6, 6.07) is 15.7. The Kier molecular flexibility index (Phi) is 3.87. The van der Waals surface area contributed by atoms with Crippen LogP contribution in [0, 0.1) is 5.82 Å². The van der Waals surface area contributed by atoms with Gasteiger partial charge in [0.1, 0.15) is 11.5 Å². The minimum Gasteiger partial charge on any atom is -0.319 e. The monoisotopic (exact) mass is 388 g/mol. The van der Waals surface area contributed by atoms with Gasteiger partial charge in [-0.3, -0.25) is 14.2 Å². The molecule has 0 aliphatic rings. The third kappa shape index (κ3) is 2.91. The van der Waals surface area contributed by atoms with Gasteiger partial charge in [0.15, 0.2) is 4.96 Å². The maximum atomic E-state index is 13.1. The second-order valence-corrected chi connectivity index (χ2v) is 7.11. The van der Waals surface area contributed by atoms with E-state index in [1.54, 1.807) is 34.3 Å². The van der Waals surface area contributed by atoms with Crippen LogP contribution in [-0.2, 0) is 0 Å². The van der Waals surface area contributed by atoms with Crippen LogP contribution >= 0.6 is 11.3 Å². The highest BCUT2D eigenvalue weighted by atomic mass is 32.1. The number of nitrogens with one attached hydrogen (secondary N) is 1. The summed E-state index contributed by atoms with van der Waals surface area (Å²) < 4.78 is 14.9. The van der Waals surface area contributed by atoms with E-state index in [0.717, 1.165) is 16.5 Å². The Morgan fingerprint density at radius 1 is 1.11 bits per heavy atom. The van der Waals surface area contributed by atoms with Gasteiger partial charge in [0.05, 0.1) is 23.1 Å². The molecule has 0 bridgehead atoms. The van der Waals surface area contributed by atoms with Gasteiger partial charge < -0.3 is 5.32 Å². The number of thiazole rings is 1. The van der Waals surface area contributed by atoms with Crippen molar-refractivity contribution in [1.29, 1.82) is 0 Å².